The van der Waals surface area contributed by atoms with Crippen molar-refractivity contribution in [3.05, 3.63) is 24.3 Å². The molecule has 220 valence electrons. The van der Waals surface area contributed by atoms with E-state index in [2.05, 4.69) is 38.2 Å². The van der Waals surface area contributed by atoms with Gasteiger partial charge in [0.25, 0.3) is 0 Å². The Kier molecular flexibility index (Phi) is 29.8. The molecule has 0 saturated carbocycles. The van der Waals surface area contributed by atoms with Crippen molar-refractivity contribution < 1.29 is 18.5 Å². The van der Waals surface area contributed by atoms with Gasteiger partial charge in [-0.2, -0.15) is 0 Å². The maximum absolute atomic E-state index is 12.0. The molecule has 0 saturated heterocycles. The Morgan fingerprint density at radius 1 is 0.459 bits per heavy atom. The second-order valence-electron chi connectivity index (χ2n) is 10.6. The second kappa shape index (κ2) is 30.1. The van der Waals surface area contributed by atoms with Gasteiger partial charge in [0, 0.05) is 0 Å². The summed E-state index contributed by atoms with van der Waals surface area (Å²) in [5, 5.41) is 0. The largest absolute Gasteiger partial charge is 0.472 e. The summed E-state index contributed by atoms with van der Waals surface area (Å²) >= 11 is 0. The van der Waals surface area contributed by atoms with Gasteiger partial charge >= 0.3 is 7.82 Å². The van der Waals surface area contributed by atoms with Crippen LogP contribution in [0, 0.1) is 0 Å². The number of hydrogen-bond donors (Lipinski definition) is 1. The highest BCUT2D eigenvalue weighted by Gasteiger charge is 2.19. The molecule has 5 heteroatoms. The molecule has 0 spiro atoms. The molecule has 0 aliphatic carbocycles. The highest BCUT2D eigenvalue weighted by atomic mass is 31.2. The topological polar surface area (TPSA) is 55.8 Å². The van der Waals surface area contributed by atoms with E-state index in [4.69, 9.17) is 9.05 Å². The lowest BCUT2D eigenvalue weighted by molar-refractivity contribution is 0.145. The molecular weight excluding hydrogens is 479 g/mol. The Bertz CT molecular complexity index is 503. The molecule has 0 fully saturated rings. The fourth-order valence-electron chi connectivity index (χ4n) is 4.39. The van der Waals surface area contributed by atoms with E-state index in [0.717, 1.165) is 38.5 Å². The van der Waals surface area contributed by atoms with E-state index in [1.807, 2.05) is 0 Å². The summed E-state index contributed by atoms with van der Waals surface area (Å²) in [4.78, 5) is 9.82. The van der Waals surface area contributed by atoms with Crippen molar-refractivity contribution in [1.29, 1.82) is 0 Å². The third kappa shape index (κ3) is 31.7. The third-order valence-corrected chi connectivity index (χ3v) is 7.84. The highest BCUT2D eigenvalue weighted by molar-refractivity contribution is 7.47. The van der Waals surface area contributed by atoms with Gasteiger partial charge in [0.05, 0.1) is 13.2 Å². The first kappa shape index (κ1) is 36.6. The van der Waals surface area contributed by atoms with Crippen molar-refractivity contribution in [3.63, 3.8) is 0 Å². The monoisotopic (exact) mass is 542 g/mol. The molecule has 0 atom stereocenters. The van der Waals surface area contributed by atoms with Crippen LogP contribution in [0.1, 0.15) is 168 Å². The molecule has 0 unspecified atom stereocenters. The molecular formula is C32H63O4P. The SMILES string of the molecule is CCCCCC/C=C\CCCCCCCCOP(=O)(O)OCCCCCCCC/C=C\CCCCCC. The Morgan fingerprint density at radius 2 is 0.730 bits per heavy atom. The Hall–Kier alpha value is -0.410. The predicted octanol–water partition coefficient (Wildman–Crippen LogP) is 11.6. The summed E-state index contributed by atoms with van der Waals surface area (Å²) in [6.07, 6.45) is 38.5. The number of phosphoric acid groups is 1. The van der Waals surface area contributed by atoms with E-state index in [1.54, 1.807) is 0 Å². The van der Waals surface area contributed by atoms with Crippen LogP contribution >= 0.6 is 7.82 Å². The maximum atomic E-state index is 12.0. The van der Waals surface area contributed by atoms with Gasteiger partial charge in [-0.15, -0.1) is 0 Å². The van der Waals surface area contributed by atoms with Gasteiger partial charge in [-0.05, 0) is 64.2 Å². The van der Waals surface area contributed by atoms with Crippen molar-refractivity contribution in [2.45, 2.75) is 168 Å². The lowest BCUT2D eigenvalue weighted by atomic mass is 10.1. The Balaban J connectivity index is 3.36. The van der Waals surface area contributed by atoms with Crippen LogP contribution in [0.5, 0.6) is 0 Å². The molecule has 0 aliphatic rings. The minimum Gasteiger partial charge on any atom is -0.302 e. The lowest BCUT2D eigenvalue weighted by Crippen LogP contribution is -1.99. The van der Waals surface area contributed by atoms with E-state index in [0.29, 0.717) is 13.2 Å². The van der Waals surface area contributed by atoms with Crippen LogP contribution in [-0.2, 0) is 13.6 Å². The molecule has 0 aliphatic heterocycles. The summed E-state index contributed by atoms with van der Waals surface area (Å²) in [7, 11) is -3.88. The zero-order chi connectivity index (χ0) is 27.1. The van der Waals surface area contributed by atoms with Crippen LogP contribution in [-0.4, -0.2) is 18.1 Å². The van der Waals surface area contributed by atoms with Crippen molar-refractivity contribution >= 4 is 7.82 Å². The number of phosphoric ester groups is 1. The molecule has 0 radical (unpaired) electrons. The van der Waals surface area contributed by atoms with Crippen LogP contribution in [0.2, 0.25) is 0 Å². The molecule has 37 heavy (non-hydrogen) atoms. The molecule has 0 aromatic carbocycles. The second-order valence-corrected chi connectivity index (χ2v) is 12.0. The van der Waals surface area contributed by atoms with E-state index in [-0.39, 0.29) is 0 Å². The molecule has 0 aromatic heterocycles. The minimum atomic E-state index is -3.88. The summed E-state index contributed by atoms with van der Waals surface area (Å²) < 4.78 is 22.2. The summed E-state index contributed by atoms with van der Waals surface area (Å²) in [5.74, 6) is 0. The van der Waals surface area contributed by atoms with Gasteiger partial charge < -0.3 is 4.89 Å². The average molecular weight is 543 g/mol. The quantitative estimate of drug-likeness (QED) is 0.0557. The molecule has 4 nitrogen and oxygen atoms in total. The van der Waals surface area contributed by atoms with Gasteiger partial charge in [0.2, 0.25) is 0 Å². The lowest BCUT2D eigenvalue weighted by Gasteiger charge is -2.12. The first-order chi connectivity index (χ1) is 18.1. The van der Waals surface area contributed by atoms with Crippen molar-refractivity contribution in [2.75, 3.05) is 13.2 Å². The molecule has 0 bridgehead atoms. The van der Waals surface area contributed by atoms with Crippen LogP contribution in [0.25, 0.3) is 0 Å². The zero-order valence-corrected chi connectivity index (χ0v) is 25.7. The van der Waals surface area contributed by atoms with Crippen LogP contribution in [0.3, 0.4) is 0 Å². The molecule has 0 heterocycles. The molecule has 0 amide bonds. The number of unbranched alkanes of at least 4 members (excludes halogenated alkanes) is 20. The van der Waals surface area contributed by atoms with Gasteiger partial charge in [-0.3, -0.25) is 9.05 Å². The fourth-order valence-corrected chi connectivity index (χ4v) is 5.18. The summed E-state index contributed by atoms with van der Waals surface area (Å²) in [6, 6.07) is 0. The van der Waals surface area contributed by atoms with E-state index in [1.165, 1.54) is 116 Å². The van der Waals surface area contributed by atoms with E-state index >= 15 is 0 Å². The summed E-state index contributed by atoms with van der Waals surface area (Å²) in [5.41, 5.74) is 0. The standard InChI is InChI=1S/C32H63O4P/c1-3-5-7-9-11-13-15-17-19-21-23-25-27-29-31-35-37(33,34)36-32-30-28-26-24-22-20-18-16-14-12-10-8-6-4-2/h13-16H,3-12,17-32H2,1-2H3,(H,33,34)/b15-13-,16-14-. The predicted molar refractivity (Wildman–Crippen MR) is 162 cm³/mol. The molecule has 0 rings (SSSR count). The van der Waals surface area contributed by atoms with Gasteiger partial charge in [-0.1, -0.05) is 128 Å². The minimum absolute atomic E-state index is 0.307. The van der Waals surface area contributed by atoms with Gasteiger partial charge in [0.15, 0.2) is 0 Å². The van der Waals surface area contributed by atoms with Crippen LogP contribution in [0.15, 0.2) is 24.3 Å². The van der Waals surface area contributed by atoms with E-state index < -0.39 is 7.82 Å². The molecule has 1 N–H and O–H groups in total. The number of allylic oxidation sites excluding steroid dienone is 4. The molecule has 0 aromatic rings. The third-order valence-electron chi connectivity index (χ3n) is 6.82. The smallest absolute Gasteiger partial charge is 0.302 e. The number of rotatable bonds is 30. The normalized spacial score (nSPS) is 12.4. The Morgan fingerprint density at radius 3 is 1.05 bits per heavy atom. The van der Waals surface area contributed by atoms with Gasteiger partial charge in [0.1, 0.15) is 0 Å². The van der Waals surface area contributed by atoms with Crippen molar-refractivity contribution in [2.24, 2.45) is 0 Å². The number of hydrogen-bond acceptors (Lipinski definition) is 3. The maximum Gasteiger partial charge on any atom is 0.472 e. The first-order valence-electron chi connectivity index (χ1n) is 16.0. The van der Waals surface area contributed by atoms with Crippen LogP contribution in [0.4, 0.5) is 0 Å². The van der Waals surface area contributed by atoms with Crippen molar-refractivity contribution in [3.8, 4) is 0 Å². The highest BCUT2D eigenvalue weighted by Crippen LogP contribution is 2.43. The summed E-state index contributed by atoms with van der Waals surface area (Å²) in [6.45, 7) is 5.12. The average Bonchev–Trinajstić information content (AvgIpc) is 2.88. The van der Waals surface area contributed by atoms with Crippen LogP contribution < -0.4 is 0 Å². The first-order valence-corrected chi connectivity index (χ1v) is 17.5. The van der Waals surface area contributed by atoms with E-state index in [9.17, 15) is 9.46 Å². The van der Waals surface area contributed by atoms with Crippen molar-refractivity contribution in [1.82, 2.24) is 0 Å². The zero-order valence-electron chi connectivity index (χ0n) is 24.8. The fraction of sp³-hybridized carbons (Fsp3) is 0.875. The van der Waals surface area contributed by atoms with Gasteiger partial charge in [-0.25, -0.2) is 4.57 Å². The Labute approximate surface area is 231 Å².